The van der Waals surface area contributed by atoms with Crippen molar-refractivity contribution in [2.75, 3.05) is 19.1 Å². The first-order valence-corrected chi connectivity index (χ1v) is 4.55. The maximum absolute atomic E-state index is 3.12. The third kappa shape index (κ3) is 2.01. The summed E-state index contributed by atoms with van der Waals surface area (Å²) in [5.41, 5.74) is 8.34. The summed E-state index contributed by atoms with van der Waals surface area (Å²) >= 11 is 0. The number of hydrogen-bond acceptors (Lipinski definition) is 2. The third-order valence-electron chi connectivity index (χ3n) is 2.31. The molecule has 0 aliphatic heterocycles. The Hall–Kier alpha value is -1.02. The molecule has 1 rings (SSSR count). The summed E-state index contributed by atoms with van der Waals surface area (Å²) in [5, 5.41) is 2.05. The molecule has 1 aromatic carbocycles. The zero-order valence-electron chi connectivity index (χ0n) is 9.10. The van der Waals surface area contributed by atoms with E-state index in [9.17, 15) is 0 Å². The molecule has 0 saturated heterocycles. The topological polar surface area (TPSA) is 15.3 Å². The molecule has 0 aliphatic rings. The lowest BCUT2D eigenvalue weighted by atomic mass is 10.1. The van der Waals surface area contributed by atoms with Crippen LogP contribution in [0, 0.1) is 20.8 Å². The van der Waals surface area contributed by atoms with Crippen LogP contribution in [0.25, 0.3) is 0 Å². The molecule has 1 aromatic rings. The maximum atomic E-state index is 3.12. The van der Waals surface area contributed by atoms with E-state index in [-0.39, 0.29) is 0 Å². The first-order valence-electron chi connectivity index (χ1n) is 4.55. The Morgan fingerprint density at radius 3 is 1.92 bits per heavy atom. The molecule has 0 aromatic heterocycles. The first-order chi connectivity index (χ1) is 6.06. The quantitative estimate of drug-likeness (QED) is 0.698. The molecule has 13 heavy (non-hydrogen) atoms. The smallest absolute Gasteiger partial charge is 0.0574 e. The minimum Gasteiger partial charge on any atom is -0.311 e. The van der Waals surface area contributed by atoms with Crippen LogP contribution < -0.4 is 10.4 Å². The zero-order chi connectivity index (χ0) is 10.0. The van der Waals surface area contributed by atoms with E-state index in [1.54, 1.807) is 0 Å². The molecule has 0 unspecified atom stereocenters. The van der Waals surface area contributed by atoms with Crippen LogP contribution in [-0.4, -0.2) is 14.1 Å². The van der Waals surface area contributed by atoms with Crippen molar-refractivity contribution in [2.45, 2.75) is 20.8 Å². The Kier molecular flexibility index (Phi) is 2.94. The summed E-state index contributed by atoms with van der Waals surface area (Å²) in [6.07, 6.45) is 0. The molecular formula is C11H18N2. The van der Waals surface area contributed by atoms with E-state index in [2.05, 4.69) is 38.3 Å². The van der Waals surface area contributed by atoms with Gasteiger partial charge in [-0.25, -0.2) is 5.43 Å². The zero-order valence-corrected chi connectivity index (χ0v) is 9.10. The van der Waals surface area contributed by atoms with Crippen LogP contribution in [-0.2, 0) is 0 Å². The molecule has 0 bridgehead atoms. The largest absolute Gasteiger partial charge is 0.311 e. The predicted octanol–water partition coefficient (Wildman–Crippen LogP) is 2.18. The van der Waals surface area contributed by atoms with Crippen molar-refractivity contribution in [2.24, 2.45) is 0 Å². The van der Waals surface area contributed by atoms with Crippen LogP contribution >= 0.6 is 0 Å². The van der Waals surface area contributed by atoms with E-state index in [1.165, 1.54) is 22.4 Å². The summed E-state index contributed by atoms with van der Waals surface area (Å²) < 4.78 is 0. The number of rotatable bonds is 2. The molecule has 0 saturated carbocycles. The third-order valence-corrected chi connectivity index (χ3v) is 2.31. The summed E-state index contributed by atoms with van der Waals surface area (Å²) in [6, 6.07) is 4.41. The van der Waals surface area contributed by atoms with Gasteiger partial charge in [0.15, 0.2) is 0 Å². The fourth-order valence-corrected chi connectivity index (χ4v) is 1.81. The molecule has 2 heteroatoms. The molecule has 1 N–H and O–H groups in total. The second-order valence-corrected chi connectivity index (χ2v) is 3.53. The Morgan fingerprint density at radius 1 is 1.08 bits per heavy atom. The molecule has 0 fully saturated rings. The summed E-state index contributed by atoms with van der Waals surface area (Å²) in [6.45, 7) is 6.41. The Balaban J connectivity index is 3.20. The standard InChI is InChI=1S/C11H18N2/c1-8-6-9(2)11(10(3)7-8)13(5)12-4/h6-7,12H,1-5H3. The van der Waals surface area contributed by atoms with Gasteiger partial charge in [0.1, 0.15) is 0 Å². The SMILES string of the molecule is CNN(C)c1c(C)cc(C)cc1C. The number of nitrogens with one attached hydrogen (secondary N) is 1. The fourth-order valence-electron chi connectivity index (χ4n) is 1.81. The first kappa shape index (κ1) is 10.1. The second kappa shape index (κ2) is 3.79. The minimum absolute atomic E-state index is 1.27. The summed E-state index contributed by atoms with van der Waals surface area (Å²) in [4.78, 5) is 0. The van der Waals surface area contributed by atoms with Gasteiger partial charge >= 0.3 is 0 Å². The summed E-state index contributed by atoms with van der Waals surface area (Å²) in [5.74, 6) is 0. The molecule has 0 amide bonds. The number of nitrogens with zero attached hydrogens (tertiary/aromatic N) is 1. The van der Waals surface area contributed by atoms with Crippen molar-refractivity contribution in [3.05, 3.63) is 28.8 Å². The highest BCUT2D eigenvalue weighted by atomic mass is 15.5. The molecule has 0 radical (unpaired) electrons. The highest BCUT2D eigenvalue weighted by Crippen LogP contribution is 2.23. The fraction of sp³-hybridized carbons (Fsp3) is 0.455. The molecular weight excluding hydrogens is 160 g/mol. The van der Waals surface area contributed by atoms with Gasteiger partial charge in [-0.05, 0) is 31.9 Å². The van der Waals surface area contributed by atoms with Gasteiger partial charge in [0, 0.05) is 14.1 Å². The van der Waals surface area contributed by atoms with Gasteiger partial charge < -0.3 is 5.01 Å². The molecule has 72 valence electrons. The van der Waals surface area contributed by atoms with Crippen molar-refractivity contribution in [3.8, 4) is 0 Å². The highest BCUT2D eigenvalue weighted by molar-refractivity contribution is 5.58. The van der Waals surface area contributed by atoms with E-state index in [1.807, 2.05) is 19.1 Å². The lowest BCUT2D eigenvalue weighted by Gasteiger charge is -2.22. The predicted molar refractivity (Wildman–Crippen MR) is 58.1 cm³/mol. The van der Waals surface area contributed by atoms with Crippen LogP contribution in [0.3, 0.4) is 0 Å². The Bertz CT molecular complexity index is 282. The van der Waals surface area contributed by atoms with Crippen LogP contribution in [0.5, 0.6) is 0 Å². The number of aryl methyl sites for hydroxylation is 3. The van der Waals surface area contributed by atoms with E-state index in [0.29, 0.717) is 0 Å². The van der Waals surface area contributed by atoms with Crippen molar-refractivity contribution in [1.82, 2.24) is 5.43 Å². The van der Waals surface area contributed by atoms with Crippen LogP contribution in [0.4, 0.5) is 5.69 Å². The van der Waals surface area contributed by atoms with Gasteiger partial charge in [-0.3, -0.25) is 0 Å². The average molecular weight is 178 g/mol. The van der Waals surface area contributed by atoms with E-state index >= 15 is 0 Å². The van der Waals surface area contributed by atoms with Crippen molar-refractivity contribution >= 4 is 5.69 Å². The van der Waals surface area contributed by atoms with Crippen LogP contribution in [0.2, 0.25) is 0 Å². The number of anilines is 1. The van der Waals surface area contributed by atoms with Gasteiger partial charge in [-0.1, -0.05) is 17.7 Å². The Labute approximate surface area is 80.5 Å². The molecule has 0 heterocycles. The molecule has 0 atom stereocenters. The van der Waals surface area contributed by atoms with Crippen LogP contribution in [0.1, 0.15) is 16.7 Å². The normalized spacial score (nSPS) is 10.2. The van der Waals surface area contributed by atoms with Gasteiger partial charge in [-0.15, -0.1) is 0 Å². The maximum Gasteiger partial charge on any atom is 0.0574 e. The monoisotopic (exact) mass is 178 g/mol. The molecule has 0 spiro atoms. The van der Waals surface area contributed by atoms with Crippen molar-refractivity contribution in [3.63, 3.8) is 0 Å². The molecule has 2 nitrogen and oxygen atoms in total. The van der Waals surface area contributed by atoms with Gasteiger partial charge in [-0.2, -0.15) is 0 Å². The molecule has 0 aliphatic carbocycles. The van der Waals surface area contributed by atoms with Gasteiger partial charge in [0.25, 0.3) is 0 Å². The number of hydrogen-bond donors (Lipinski definition) is 1. The highest BCUT2D eigenvalue weighted by Gasteiger charge is 2.06. The van der Waals surface area contributed by atoms with E-state index in [0.717, 1.165) is 0 Å². The van der Waals surface area contributed by atoms with E-state index < -0.39 is 0 Å². The van der Waals surface area contributed by atoms with Crippen LogP contribution in [0.15, 0.2) is 12.1 Å². The van der Waals surface area contributed by atoms with Crippen molar-refractivity contribution < 1.29 is 0 Å². The van der Waals surface area contributed by atoms with E-state index in [4.69, 9.17) is 0 Å². The summed E-state index contributed by atoms with van der Waals surface area (Å²) in [7, 11) is 3.96. The second-order valence-electron chi connectivity index (χ2n) is 3.53. The minimum atomic E-state index is 1.27. The number of hydrazine groups is 1. The van der Waals surface area contributed by atoms with Gasteiger partial charge in [0.05, 0.1) is 5.69 Å². The lowest BCUT2D eigenvalue weighted by Crippen LogP contribution is -2.31. The average Bonchev–Trinajstić information content (AvgIpc) is 2.02. The van der Waals surface area contributed by atoms with Gasteiger partial charge in [0.2, 0.25) is 0 Å². The number of benzene rings is 1. The van der Waals surface area contributed by atoms with Crippen molar-refractivity contribution in [1.29, 1.82) is 0 Å². The Morgan fingerprint density at radius 2 is 1.54 bits per heavy atom. The lowest BCUT2D eigenvalue weighted by molar-refractivity contribution is 0.784.